The standard InChI is InChI=1S/C38H36FN3O6S/c1-6-46-32-17-10-26(19-33(32)47-7-2)35-31(37(44)45-5)21-40-38-42(35)36(43)34(49-38)20-27-18-23(3)41(24(27)4)29-13-15-30(16-14-29)48-22-25-8-11-28(39)12-9-25/h8-21,35H,6-7,22H2,1-5H3/b34-20+/t35-/m0/s1. The van der Waals surface area contributed by atoms with Crippen LogP contribution in [0, 0.1) is 19.7 Å². The Hall–Kier alpha value is -5.42. The van der Waals surface area contributed by atoms with Crippen LogP contribution >= 0.6 is 11.3 Å². The zero-order chi connectivity index (χ0) is 34.7. The van der Waals surface area contributed by atoms with Crippen LogP contribution in [0.2, 0.25) is 0 Å². The number of methoxy groups -OCH3 is 1. The topological polar surface area (TPSA) is 93.3 Å². The molecular formula is C38H36FN3O6S. The lowest BCUT2D eigenvalue weighted by atomic mass is 9.97. The summed E-state index contributed by atoms with van der Waals surface area (Å²) in [5.41, 5.74) is 5.24. The van der Waals surface area contributed by atoms with Crippen molar-refractivity contribution in [3.05, 3.63) is 138 Å². The third-order valence-corrected chi connectivity index (χ3v) is 9.18. The van der Waals surface area contributed by atoms with Crippen LogP contribution in [-0.4, -0.2) is 35.4 Å². The van der Waals surface area contributed by atoms with Crippen molar-refractivity contribution < 1.29 is 28.1 Å². The van der Waals surface area contributed by atoms with Crippen LogP contribution in [0.1, 0.15) is 48.0 Å². The molecule has 0 amide bonds. The number of aromatic nitrogens is 2. The average molecular weight is 682 g/mol. The van der Waals surface area contributed by atoms with E-state index in [1.807, 2.05) is 70.2 Å². The van der Waals surface area contributed by atoms with E-state index in [0.29, 0.717) is 52.0 Å². The molecule has 0 saturated carbocycles. The van der Waals surface area contributed by atoms with Gasteiger partial charge >= 0.3 is 5.97 Å². The molecule has 0 aliphatic carbocycles. The SMILES string of the molecule is CCOc1ccc([C@H]2C(C(=O)OC)=CN=c3s/c(=C/c4cc(C)n(-c5ccc(OCc6ccc(F)cc6)cc5)c4C)c(=O)n32)cc1OCC. The minimum absolute atomic E-state index is 0.233. The molecule has 0 fully saturated rings. The molecule has 1 aliphatic rings. The van der Waals surface area contributed by atoms with Crippen LogP contribution in [-0.2, 0) is 16.1 Å². The van der Waals surface area contributed by atoms with Gasteiger partial charge < -0.3 is 23.5 Å². The number of thiazole rings is 1. The van der Waals surface area contributed by atoms with E-state index < -0.39 is 12.0 Å². The quantitative estimate of drug-likeness (QED) is 0.160. The van der Waals surface area contributed by atoms with Gasteiger partial charge in [-0.05, 0) is 105 Å². The first-order valence-corrected chi connectivity index (χ1v) is 16.7. The number of nitrogens with zero attached hydrogens (tertiary/aromatic N) is 3. The number of carbonyl (C=O) groups excluding carboxylic acids is 1. The van der Waals surface area contributed by atoms with E-state index in [4.69, 9.17) is 18.9 Å². The highest BCUT2D eigenvalue weighted by Gasteiger charge is 2.31. The van der Waals surface area contributed by atoms with E-state index in [-0.39, 0.29) is 16.9 Å². The number of ether oxygens (including phenoxy) is 4. The van der Waals surface area contributed by atoms with Crippen LogP contribution in [0.15, 0.2) is 94.4 Å². The zero-order valence-corrected chi connectivity index (χ0v) is 28.7. The van der Waals surface area contributed by atoms with E-state index >= 15 is 0 Å². The van der Waals surface area contributed by atoms with Crippen LogP contribution in [0.3, 0.4) is 0 Å². The lowest BCUT2D eigenvalue weighted by Crippen LogP contribution is -2.39. The number of carbonyl (C=O) groups is 1. The van der Waals surface area contributed by atoms with Gasteiger partial charge in [0.15, 0.2) is 16.3 Å². The number of hydrogen-bond donors (Lipinski definition) is 0. The second-order valence-electron chi connectivity index (χ2n) is 11.3. The summed E-state index contributed by atoms with van der Waals surface area (Å²) in [5.74, 6) is 0.927. The normalized spacial score (nSPS) is 14.1. The van der Waals surface area contributed by atoms with Crippen molar-refractivity contribution in [2.75, 3.05) is 20.3 Å². The van der Waals surface area contributed by atoms with Gasteiger partial charge in [0.1, 0.15) is 18.2 Å². The third kappa shape index (κ3) is 6.80. The largest absolute Gasteiger partial charge is 0.490 e. The minimum Gasteiger partial charge on any atom is -0.490 e. The van der Waals surface area contributed by atoms with Crippen LogP contribution in [0.4, 0.5) is 4.39 Å². The molecule has 5 aromatic rings. The lowest BCUT2D eigenvalue weighted by molar-refractivity contribution is -0.136. The highest BCUT2D eigenvalue weighted by atomic mass is 32.1. The van der Waals surface area contributed by atoms with E-state index in [1.165, 1.54) is 41.3 Å². The summed E-state index contributed by atoms with van der Waals surface area (Å²) < 4.78 is 39.9. The Bertz CT molecular complexity index is 2220. The van der Waals surface area contributed by atoms with Crippen LogP contribution < -0.4 is 29.1 Å². The van der Waals surface area contributed by atoms with Crippen molar-refractivity contribution in [1.29, 1.82) is 0 Å². The number of fused-ring (bicyclic) bond motifs is 1. The van der Waals surface area contributed by atoms with Crippen molar-refractivity contribution in [1.82, 2.24) is 9.13 Å². The van der Waals surface area contributed by atoms with Crippen LogP contribution in [0.25, 0.3) is 11.8 Å². The van der Waals surface area contributed by atoms with Gasteiger partial charge in [0.25, 0.3) is 5.56 Å². The molecule has 0 N–H and O–H groups in total. The Morgan fingerprint density at radius 2 is 1.65 bits per heavy atom. The molecule has 2 aromatic heterocycles. The molecule has 9 nitrogen and oxygen atoms in total. The summed E-state index contributed by atoms with van der Waals surface area (Å²) in [6.45, 7) is 8.99. The molecular weight excluding hydrogens is 645 g/mol. The van der Waals surface area contributed by atoms with Gasteiger partial charge in [-0.25, -0.2) is 14.2 Å². The summed E-state index contributed by atoms with van der Waals surface area (Å²) in [5, 5.41) is 0. The van der Waals surface area contributed by atoms with Crippen molar-refractivity contribution >= 4 is 23.4 Å². The molecule has 0 saturated heterocycles. The van der Waals surface area contributed by atoms with Crippen molar-refractivity contribution in [3.8, 4) is 22.9 Å². The summed E-state index contributed by atoms with van der Waals surface area (Å²) in [7, 11) is 1.31. The fourth-order valence-corrected chi connectivity index (χ4v) is 6.86. The van der Waals surface area contributed by atoms with Gasteiger partial charge in [0, 0.05) is 23.3 Å². The summed E-state index contributed by atoms with van der Waals surface area (Å²) in [6.07, 6.45) is 3.34. The van der Waals surface area contributed by atoms with Crippen LogP contribution in [0.5, 0.6) is 17.2 Å². The smallest absolute Gasteiger partial charge is 0.337 e. The number of rotatable bonds is 11. The van der Waals surface area contributed by atoms with Gasteiger partial charge in [0.2, 0.25) is 0 Å². The Kier molecular flexibility index (Phi) is 9.82. The summed E-state index contributed by atoms with van der Waals surface area (Å²) >= 11 is 1.26. The fraction of sp³-hybridized carbons (Fsp3) is 0.237. The Morgan fingerprint density at radius 3 is 2.35 bits per heavy atom. The van der Waals surface area contributed by atoms with Gasteiger partial charge in [-0.3, -0.25) is 9.36 Å². The van der Waals surface area contributed by atoms with E-state index in [9.17, 15) is 14.0 Å². The second kappa shape index (κ2) is 14.4. The molecule has 0 unspecified atom stereocenters. The second-order valence-corrected chi connectivity index (χ2v) is 12.3. The maximum absolute atomic E-state index is 14.1. The maximum Gasteiger partial charge on any atom is 0.337 e. The number of esters is 1. The highest BCUT2D eigenvalue weighted by molar-refractivity contribution is 7.07. The Morgan fingerprint density at radius 1 is 0.939 bits per heavy atom. The number of hydrogen-bond acceptors (Lipinski definition) is 8. The number of benzene rings is 3. The maximum atomic E-state index is 14.1. The molecule has 1 atom stereocenters. The van der Waals surface area contributed by atoms with Crippen molar-refractivity contribution in [3.63, 3.8) is 0 Å². The lowest BCUT2D eigenvalue weighted by Gasteiger charge is -2.23. The Balaban J connectivity index is 1.34. The highest BCUT2D eigenvalue weighted by Crippen LogP contribution is 2.35. The first kappa shape index (κ1) is 33.5. The van der Waals surface area contributed by atoms with Gasteiger partial charge in [-0.15, -0.1) is 0 Å². The third-order valence-electron chi connectivity index (χ3n) is 8.18. The van der Waals surface area contributed by atoms with E-state index in [2.05, 4.69) is 9.56 Å². The number of aryl methyl sites for hydroxylation is 1. The average Bonchev–Trinajstić information content (AvgIpc) is 3.58. The molecule has 0 radical (unpaired) electrons. The first-order valence-electron chi connectivity index (χ1n) is 15.9. The summed E-state index contributed by atoms with van der Waals surface area (Å²) in [4.78, 5) is 32.1. The molecule has 11 heteroatoms. The molecule has 0 spiro atoms. The van der Waals surface area contributed by atoms with Crippen molar-refractivity contribution in [2.45, 2.75) is 40.3 Å². The minimum atomic E-state index is -0.781. The monoisotopic (exact) mass is 681 g/mol. The van der Waals surface area contributed by atoms with E-state index in [0.717, 1.165) is 28.2 Å². The number of halogens is 1. The first-order chi connectivity index (χ1) is 23.7. The molecule has 252 valence electrons. The van der Waals surface area contributed by atoms with Gasteiger partial charge in [-0.2, -0.15) is 0 Å². The molecule has 3 heterocycles. The van der Waals surface area contributed by atoms with Crippen molar-refractivity contribution in [2.24, 2.45) is 4.99 Å². The van der Waals surface area contributed by atoms with Gasteiger partial charge in [-0.1, -0.05) is 29.5 Å². The molecule has 1 aliphatic heterocycles. The molecule has 49 heavy (non-hydrogen) atoms. The fourth-order valence-electron chi connectivity index (χ4n) is 5.90. The van der Waals surface area contributed by atoms with E-state index in [1.54, 1.807) is 24.3 Å². The van der Waals surface area contributed by atoms with Gasteiger partial charge in [0.05, 0.1) is 36.5 Å². The molecule has 6 rings (SSSR count). The predicted molar refractivity (Wildman–Crippen MR) is 186 cm³/mol. The summed E-state index contributed by atoms with van der Waals surface area (Å²) in [6, 6.07) is 20.6. The Labute approximate surface area is 286 Å². The zero-order valence-electron chi connectivity index (χ0n) is 27.9. The molecule has 3 aromatic carbocycles. The molecule has 0 bridgehead atoms. The predicted octanol–water partition coefficient (Wildman–Crippen LogP) is 5.94.